The molecule has 3 nitrogen and oxygen atoms in total. The molecule has 0 aliphatic heterocycles. The van der Waals surface area contributed by atoms with Gasteiger partial charge in [0.25, 0.3) is 0 Å². The van der Waals surface area contributed by atoms with Gasteiger partial charge in [-0.05, 0) is 25.9 Å². The molecule has 0 atom stereocenters. The van der Waals surface area contributed by atoms with E-state index < -0.39 is 0 Å². The second-order valence-corrected chi connectivity index (χ2v) is 2.46. The Morgan fingerprint density at radius 2 is 2.18 bits per heavy atom. The van der Waals surface area contributed by atoms with Crippen LogP contribution < -0.4 is 0 Å². The van der Waals surface area contributed by atoms with Crippen molar-refractivity contribution in [3.63, 3.8) is 0 Å². The molecule has 0 aliphatic carbocycles. The first-order valence-electron chi connectivity index (χ1n) is 4.05. The standard InChI is InChI=1S/C8H16N2O/c1-2-10(7-5-9)6-3-4-8-11/h11H,2-4,6-8H2,1H3. The van der Waals surface area contributed by atoms with Crippen molar-refractivity contribution in [3.8, 4) is 6.07 Å². The van der Waals surface area contributed by atoms with E-state index in [1.165, 1.54) is 0 Å². The molecule has 0 radical (unpaired) electrons. The maximum atomic E-state index is 8.50. The van der Waals surface area contributed by atoms with Gasteiger partial charge in [-0.15, -0.1) is 0 Å². The molecule has 0 bridgehead atoms. The zero-order valence-corrected chi connectivity index (χ0v) is 7.08. The molecule has 0 aromatic carbocycles. The summed E-state index contributed by atoms with van der Waals surface area (Å²) < 4.78 is 0. The summed E-state index contributed by atoms with van der Waals surface area (Å²) in [6.45, 7) is 4.63. The lowest BCUT2D eigenvalue weighted by atomic mass is 10.3. The topological polar surface area (TPSA) is 47.3 Å². The van der Waals surface area contributed by atoms with Crippen LogP contribution in [-0.4, -0.2) is 36.2 Å². The Morgan fingerprint density at radius 1 is 1.45 bits per heavy atom. The van der Waals surface area contributed by atoms with E-state index in [0.29, 0.717) is 6.54 Å². The van der Waals surface area contributed by atoms with Gasteiger partial charge in [0.2, 0.25) is 0 Å². The van der Waals surface area contributed by atoms with Crippen LogP contribution in [0, 0.1) is 11.3 Å². The van der Waals surface area contributed by atoms with E-state index in [4.69, 9.17) is 10.4 Å². The smallest absolute Gasteiger partial charge is 0.0865 e. The predicted octanol–water partition coefficient (Wildman–Crippen LogP) is 0.604. The van der Waals surface area contributed by atoms with Crippen LogP contribution >= 0.6 is 0 Å². The van der Waals surface area contributed by atoms with E-state index >= 15 is 0 Å². The highest BCUT2D eigenvalue weighted by molar-refractivity contribution is 4.75. The molecule has 0 amide bonds. The summed E-state index contributed by atoms with van der Waals surface area (Å²) in [5.74, 6) is 0. The summed E-state index contributed by atoms with van der Waals surface area (Å²) in [5, 5.41) is 16.9. The number of hydrogen-bond acceptors (Lipinski definition) is 3. The van der Waals surface area contributed by atoms with Gasteiger partial charge in [0.1, 0.15) is 0 Å². The number of nitriles is 1. The van der Waals surface area contributed by atoms with Gasteiger partial charge < -0.3 is 5.11 Å². The molecule has 0 heterocycles. The Labute approximate surface area is 68.2 Å². The van der Waals surface area contributed by atoms with Gasteiger partial charge in [-0.2, -0.15) is 5.26 Å². The molecule has 0 saturated carbocycles. The van der Waals surface area contributed by atoms with E-state index in [2.05, 4.69) is 11.0 Å². The van der Waals surface area contributed by atoms with Crippen molar-refractivity contribution in [1.29, 1.82) is 5.26 Å². The number of aliphatic hydroxyl groups is 1. The van der Waals surface area contributed by atoms with Crippen LogP contribution in [0.1, 0.15) is 19.8 Å². The molecule has 0 saturated heterocycles. The van der Waals surface area contributed by atoms with E-state index in [1.807, 2.05) is 6.92 Å². The summed E-state index contributed by atoms with van der Waals surface area (Å²) in [6, 6.07) is 2.11. The molecule has 0 aromatic heterocycles. The Hall–Kier alpha value is -0.590. The van der Waals surface area contributed by atoms with E-state index in [0.717, 1.165) is 25.9 Å². The van der Waals surface area contributed by atoms with Crippen LogP contribution in [0.5, 0.6) is 0 Å². The minimum atomic E-state index is 0.254. The summed E-state index contributed by atoms with van der Waals surface area (Å²) in [5.41, 5.74) is 0. The first-order valence-corrected chi connectivity index (χ1v) is 4.05. The Bertz CT molecular complexity index is 120. The van der Waals surface area contributed by atoms with Crippen molar-refractivity contribution in [1.82, 2.24) is 4.90 Å². The average molecular weight is 156 g/mol. The Morgan fingerprint density at radius 3 is 2.64 bits per heavy atom. The molecule has 0 unspecified atom stereocenters. The Balaban J connectivity index is 3.30. The third-order valence-corrected chi connectivity index (χ3v) is 1.62. The van der Waals surface area contributed by atoms with Crippen molar-refractivity contribution in [2.75, 3.05) is 26.2 Å². The number of aliphatic hydroxyl groups excluding tert-OH is 1. The zero-order valence-electron chi connectivity index (χ0n) is 7.08. The third-order valence-electron chi connectivity index (χ3n) is 1.62. The minimum Gasteiger partial charge on any atom is -0.396 e. The van der Waals surface area contributed by atoms with Crippen LogP contribution in [0.4, 0.5) is 0 Å². The molecule has 0 fully saturated rings. The number of rotatable bonds is 6. The third kappa shape index (κ3) is 5.84. The summed E-state index contributed by atoms with van der Waals surface area (Å²) in [7, 11) is 0. The van der Waals surface area contributed by atoms with Crippen LogP contribution in [0.25, 0.3) is 0 Å². The first-order chi connectivity index (χ1) is 5.35. The van der Waals surface area contributed by atoms with Gasteiger partial charge in [-0.25, -0.2) is 0 Å². The van der Waals surface area contributed by atoms with E-state index in [9.17, 15) is 0 Å². The zero-order chi connectivity index (χ0) is 8.53. The fourth-order valence-corrected chi connectivity index (χ4v) is 0.896. The molecule has 11 heavy (non-hydrogen) atoms. The molecule has 0 spiro atoms. The number of unbranched alkanes of at least 4 members (excludes halogenated alkanes) is 1. The quantitative estimate of drug-likeness (QED) is 0.452. The minimum absolute atomic E-state index is 0.254. The molecule has 0 rings (SSSR count). The SMILES string of the molecule is CCN(CC#N)CCCCO. The highest BCUT2D eigenvalue weighted by Crippen LogP contribution is 1.93. The van der Waals surface area contributed by atoms with Crippen molar-refractivity contribution in [2.45, 2.75) is 19.8 Å². The summed E-state index contributed by atoms with van der Waals surface area (Å²) in [4.78, 5) is 2.07. The molecule has 1 N–H and O–H groups in total. The molecular weight excluding hydrogens is 140 g/mol. The fourth-order valence-electron chi connectivity index (χ4n) is 0.896. The molecule has 64 valence electrons. The van der Waals surface area contributed by atoms with Crippen LogP contribution in [-0.2, 0) is 0 Å². The highest BCUT2D eigenvalue weighted by atomic mass is 16.2. The highest BCUT2D eigenvalue weighted by Gasteiger charge is 1.98. The van der Waals surface area contributed by atoms with Crippen molar-refractivity contribution < 1.29 is 5.11 Å². The van der Waals surface area contributed by atoms with Crippen molar-refractivity contribution in [3.05, 3.63) is 0 Å². The lowest BCUT2D eigenvalue weighted by molar-refractivity contribution is 0.260. The summed E-state index contributed by atoms with van der Waals surface area (Å²) >= 11 is 0. The van der Waals surface area contributed by atoms with Crippen molar-refractivity contribution >= 4 is 0 Å². The predicted molar refractivity (Wildman–Crippen MR) is 44.0 cm³/mol. The van der Waals surface area contributed by atoms with Gasteiger partial charge in [0, 0.05) is 6.61 Å². The summed E-state index contributed by atoms with van der Waals surface area (Å²) in [6.07, 6.45) is 1.81. The number of nitrogens with zero attached hydrogens (tertiary/aromatic N) is 2. The number of hydrogen-bond donors (Lipinski definition) is 1. The van der Waals surface area contributed by atoms with Gasteiger partial charge >= 0.3 is 0 Å². The normalized spacial score (nSPS) is 10.0. The molecule has 0 aromatic rings. The van der Waals surface area contributed by atoms with E-state index in [-0.39, 0.29) is 6.61 Å². The lowest BCUT2D eigenvalue weighted by Gasteiger charge is -2.15. The van der Waals surface area contributed by atoms with Crippen LogP contribution in [0.3, 0.4) is 0 Å². The molecule has 3 heteroatoms. The van der Waals surface area contributed by atoms with Gasteiger partial charge in [0.05, 0.1) is 12.6 Å². The first kappa shape index (κ1) is 10.4. The van der Waals surface area contributed by atoms with Gasteiger partial charge in [-0.3, -0.25) is 4.90 Å². The van der Waals surface area contributed by atoms with Crippen LogP contribution in [0.2, 0.25) is 0 Å². The maximum Gasteiger partial charge on any atom is 0.0865 e. The van der Waals surface area contributed by atoms with Gasteiger partial charge in [-0.1, -0.05) is 6.92 Å². The van der Waals surface area contributed by atoms with Gasteiger partial charge in [0.15, 0.2) is 0 Å². The van der Waals surface area contributed by atoms with E-state index in [1.54, 1.807) is 0 Å². The average Bonchev–Trinajstić information content (AvgIpc) is 2.03. The van der Waals surface area contributed by atoms with Crippen LogP contribution in [0.15, 0.2) is 0 Å². The molecule has 0 aliphatic rings. The lowest BCUT2D eigenvalue weighted by Crippen LogP contribution is -2.24. The largest absolute Gasteiger partial charge is 0.396 e. The maximum absolute atomic E-state index is 8.50. The monoisotopic (exact) mass is 156 g/mol. The second-order valence-electron chi connectivity index (χ2n) is 2.46. The second kappa shape index (κ2) is 7.52. The fraction of sp³-hybridized carbons (Fsp3) is 0.875. The molecular formula is C8H16N2O. The van der Waals surface area contributed by atoms with Crippen molar-refractivity contribution in [2.24, 2.45) is 0 Å². The Kier molecular flexibility index (Phi) is 7.11.